The van der Waals surface area contributed by atoms with E-state index in [2.05, 4.69) is 36.1 Å². The molecule has 1 aliphatic rings. The van der Waals surface area contributed by atoms with Crippen LogP contribution in [0.2, 0.25) is 0 Å². The van der Waals surface area contributed by atoms with Gasteiger partial charge in [-0.05, 0) is 40.5 Å². The van der Waals surface area contributed by atoms with E-state index in [-0.39, 0.29) is 5.60 Å². The molecule has 0 saturated carbocycles. The third kappa shape index (κ3) is 2.27. The minimum atomic E-state index is -0.303. The van der Waals surface area contributed by atoms with Gasteiger partial charge in [-0.25, -0.2) is 9.97 Å². The smallest absolute Gasteiger partial charge is 0.162 e. The number of nitrogens with zero attached hydrogens (tertiary/aromatic N) is 2. The fourth-order valence-corrected chi connectivity index (χ4v) is 2.16. The van der Waals surface area contributed by atoms with Crippen molar-refractivity contribution >= 4 is 5.82 Å². The Morgan fingerprint density at radius 1 is 1.35 bits per heavy atom. The van der Waals surface area contributed by atoms with Gasteiger partial charge in [-0.2, -0.15) is 0 Å². The summed E-state index contributed by atoms with van der Waals surface area (Å²) >= 11 is 0. The van der Waals surface area contributed by atoms with Gasteiger partial charge in [0, 0.05) is 24.4 Å². The number of aromatic nitrogens is 2. The fourth-order valence-electron chi connectivity index (χ4n) is 2.16. The first-order chi connectivity index (χ1) is 8.07. The predicted molar refractivity (Wildman–Crippen MR) is 68.2 cm³/mol. The van der Waals surface area contributed by atoms with Crippen LogP contribution in [0.25, 0.3) is 0 Å². The summed E-state index contributed by atoms with van der Waals surface area (Å²) in [6, 6.07) is 0. The monoisotopic (exact) mass is 235 g/mol. The van der Waals surface area contributed by atoms with Crippen LogP contribution in [0.4, 0.5) is 5.82 Å². The van der Waals surface area contributed by atoms with Crippen molar-refractivity contribution in [2.45, 2.75) is 46.1 Å². The minimum Gasteiger partial charge on any atom is -0.370 e. The highest BCUT2D eigenvalue weighted by atomic mass is 16.5. The largest absolute Gasteiger partial charge is 0.370 e. The molecule has 17 heavy (non-hydrogen) atoms. The Bertz CT molecular complexity index is 411. The molecule has 1 N–H and O–H groups in total. The molecule has 1 aliphatic heterocycles. The van der Waals surface area contributed by atoms with Crippen LogP contribution < -0.4 is 5.32 Å². The summed E-state index contributed by atoms with van der Waals surface area (Å²) in [4.78, 5) is 9.22. The van der Waals surface area contributed by atoms with E-state index in [0.29, 0.717) is 0 Å². The van der Waals surface area contributed by atoms with Gasteiger partial charge in [-0.3, -0.25) is 0 Å². The Hall–Kier alpha value is -1.16. The number of ether oxygens (including phenoxy) is 1. The molecular formula is C13H21N3O. The molecule has 1 atom stereocenters. The van der Waals surface area contributed by atoms with Crippen molar-refractivity contribution in [3.8, 4) is 0 Å². The zero-order chi connectivity index (χ0) is 12.5. The molecule has 94 valence electrons. The van der Waals surface area contributed by atoms with E-state index >= 15 is 0 Å². The molecule has 0 radical (unpaired) electrons. The molecule has 2 rings (SSSR count). The first-order valence-electron chi connectivity index (χ1n) is 6.30. The van der Waals surface area contributed by atoms with E-state index in [1.54, 1.807) is 0 Å². The van der Waals surface area contributed by atoms with Crippen molar-refractivity contribution < 1.29 is 4.74 Å². The molecule has 1 fully saturated rings. The molecule has 0 spiro atoms. The van der Waals surface area contributed by atoms with Gasteiger partial charge in [0.2, 0.25) is 0 Å². The van der Waals surface area contributed by atoms with Crippen molar-refractivity contribution in [2.24, 2.45) is 0 Å². The Morgan fingerprint density at radius 3 is 2.71 bits per heavy atom. The fraction of sp³-hybridized carbons (Fsp3) is 0.692. The lowest BCUT2D eigenvalue weighted by Gasteiger charge is -2.23. The number of anilines is 1. The highest BCUT2D eigenvalue weighted by Gasteiger charge is 2.35. The third-order valence-corrected chi connectivity index (χ3v) is 3.43. The molecule has 0 bridgehead atoms. The number of rotatable bonds is 3. The Balaban J connectivity index is 2.41. The molecule has 4 heteroatoms. The van der Waals surface area contributed by atoms with E-state index < -0.39 is 0 Å². The summed E-state index contributed by atoms with van der Waals surface area (Å²) in [5.41, 5.74) is 1.85. The summed E-state index contributed by atoms with van der Waals surface area (Å²) < 4.78 is 5.80. The second-order valence-corrected chi connectivity index (χ2v) is 4.82. The molecule has 0 aromatic carbocycles. The van der Waals surface area contributed by atoms with Gasteiger partial charge in [0.05, 0.1) is 0 Å². The van der Waals surface area contributed by atoms with Gasteiger partial charge in [0.1, 0.15) is 11.4 Å². The average Bonchev–Trinajstić information content (AvgIpc) is 2.73. The summed E-state index contributed by atoms with van der Waals surface area (Å²) in [5, 5.41) is 3.29. The van der Waals surface area contributed by atoms with Crippen LogP contribution in [-0.2, 0) is 10.3 Å². The van der Waals surface area contributed by atoms with Crippen molar-refractivity contribution in [1.82, 2.24) is 9.97 Å². The maximum atomic E-state index is 5.80. The van der Waals surface area contributed by atoms with Crippen LogP contribution in [0, 0.1) is 13.8 Å². The maximum absolute atomic E-state index is 5.80. The molecule has 2 heterocycles. The zero-order valence-corrected chi connectivity index (χ0v) is 11.1. The molecular weight excluding hydrogens is 214 g/mol. The van der Waals surface area contributed by atoms with E-state index in [1.165, 1.54) is 0 Å². The molecule has 0 amide bonds. The van der Waals surface area contributed by atoms with Crippen LogP contribution in [0.15, 0.2) is 0 Å². The number of hydrogen-bond donors (Lipinski definition) is 1. The second kappa shape index (κ2) is 4.61. The third-order valence-electron chi connectivity index (χ3n) is 3.43. The standard InChI is InChI=1S/C13H21N3O/c1-5-14-11-9(2)10(3)15-12(16-11)13(4)7-6-8-17-13/h5-8H2,1-4H3,(H,14,15,16). The van der Waals surface area contributed by atoms with Crippen LogP contribution in [0.1, 0.15) is 43.8 Å². The lowest BCUT2D eigenvalue weighted by molar-refractivity contribution is 0.00929. The number of hydrogen-bond acceptors (Lipinski definition) is 4. The number of aryl methyl sites for hydroxylation is 1. The first kappa shape index (κ1) is 12.3. The lowest BCUT2D eigenvalue weighted by Crippen LogP contribution is -2.25. The Kier molecular flexibility index (Phi) is 3.33. The normalized spacial score (nSPS) is 24.0. The van der Waals surface area contributed by atoms with Gasteiger partial charge < -0.3 is 10.1 Å². The summed E-state index contributed by atoms with van der Waals surface area (Å²) in [6.07, 6.45) is 2.09. The van der Waals surface area contributed by atoms with E-state index in [4.69, 9.17) is 4.74 Å². The minimum absolute atomic E-state index is 0.303. The average molecular weight is 235 g/mol. The van der Waals surface area contributed by atoms with Gasteiger partial charge in [0.25, 0.3) is 0 Å². The summed E-state index contributed by atoms with van der Waals surface area (Å²) in [6.45, 7) is 9.91. The van der Waals surface area contributed by atoms with E-state index in [9.17, 15) is 0 Å². The Morgan fingerprint density at radius 2 is 2.12 bits per heavy atom. The van der Waals surface area contributed by atoms with Gasteiger partial charge in [-0.15, -0.1) is 0 Å². The van der Waals surface area contributed by atoms with Crippen molar-refractivity contribution in [3.63, 3.8) is 0 Å². The highest BCUT2D eigenvalue weighted by molar-refractivity contribution is 5.45. The molecule has 1 aromatic heterocycles. The lowest BCUT2D eigenvalue weighted by atomic mass is 10.0. The van der Waals surface area contributed by atoms with E-state index in [1.807, 2.05) is 6.92 Å². The quantitative estimate of drug-likeness (QED) is 0.874. The SMILES string of the molecule is CCNc1nc(C2(C)CCCO2)nc(C)c1C. The topological polar surface area (TPSA) is 47.0 Å². The summed E-state index contributed by atoms with van der Waals surface area (Å²) in [7, 11) is 0. The Labute approximate surface area is 103 Å². The van der Waals surface area contributed by atoms with Crippen LogP contribution >= 0.6 is 0 Å². The van der Waals surface area contributed by atoms with Gasteiger partial charge in [0.15, 0.2) is 5.82 Å². The highest BCUT2D eigenvalue weighted by Crippen LogP contribution is 2.34. The molecule has 0 aliphatic carbocycles. The molecule has 1 unspecified atom stereocenters. The maximum Gasteiger partial charge on any atom is 0.162 e. The van der Waals surface area contributed by atoms with E-state index in [0.717, 1.165) is 48.9 Å². The van der Waals surface area contributed by atoms with Gasteiger partial charge in [-0.1, -0.05) is 0 Å². The van der Waals surface area contributed by atoms with Crippen molar-refractivity contribution in [3.05, 3.63) is 17.1 Å². The molecule has 4 nitrogen and oxygen atoms in total. The van der Waals surface area contributed by atoms with Gasteiger partial charge >= 0.3 is 0 Å². The molecule has 1 aromatic rings. The van der Waals surface area contributed by atoms with Crippen LogP contribution in [0.5, 0.6) is 0 Å². The predicted octanol–water partition coefficient (Wildman–Crippen LogP) is 2.55. The van der Waals surface area contributed by atoms with Crippen LogP contribution in [0.3, 0.4) is 0 Å². The molecule has 1 saturated heterocycles. The second-order valence-electron chi connectivity index (χ2n) is 4.82. The van der Waals surface area contributed by atoms with Crippen molar-refractivity contribution in [2.75, 3.05) is 18.5 Å². The number of nitrogens with one attached hydrogen (secondary N) is 1. The zero-order valence-electron chi connectivity index (χ0n) is 11.1. The van der Waals surface area contributed by atoms with Crippen molar-refractivity contribution in [1.29, 1.82) is 0 Å². The summed E-state index contributed by atoms with van der Waals surface area (Å²) in [5.74, 6) is 1.75. The van der Waals surface area contributed by atoms with Crippen LogP contribution in [-0.4, -0.2) is 23.1 Å². The first-order valence-corrected chi connectivity index (χ1v) is 6.30.